The Bertz CT molecular complexity index is 1450. The Labute approximate surface area is 200 Å². The molecule has 32 heavy (non-hydrogen) atoms. The van der Waals surface area contributed by atoms with Crippen molar-refractivity contribution in [2.24, 2.45) is 0 Å². The fraction of sp³-hybridized carbons (Fsp3) is 0.0500. The summed E-state index contributed by atoms with van der Waals surface area (Å²) < 4.78 is 50.5. The predicted octanol–water partition coefficient (Wildman–Crippen LogP) is 4.98. The van der Waals surface area contributed by atoms with E-state index in [1.54, 1.807) is 18.2 Å². The van der Waals surface area contributed by atoms with E-state index in [1.807, 2.05) is 0 Å². The number of amides is 1. The maximum Gasteiger partial charge on any atom is 0.264 e. The van der Waals surface area contributed by atoms with Gasteiger partial charge in [0.05, 0.1) is 23.0 Å². The van der Waals surface area contributed by atoms with Gasteiger partial charge in [0, 0.05) is 16.0 Å². The lowest BCUT2D eigenvalue weighted by atomic mass is 10.1. The van der Waals surface area contributed by atoms with Crippen LogP contribution in [0.15, 0.2) is 64.0 Å². The smallest absolute Gasteiger partial charge is 0.264 e. The SMILES string of the molecule is O=C(NCc1ccc(F)cc1Cl)c1ccc(Br)cc1NS(=O)(=O)c1cccc2nsnc12. The Morgan fingerprint density at radius 3 is 2.72 bits per heavy atom. The fourth-order valence-electron chi connectivity index (χ4n) is 2.93. The van der Waals surface area contributed by atoms with Gasteiger partial charge in [-0.1, -0.05) is 39.7 Å². The number of carbonyl (C=O) groups is 1. The lowest BCUT2D eigenvalue weighted by Crippen LogP contribution is -2.25. The summed E-state index contributed by atoms with van der Waals surface area (Å²) in [6, 6.07) is 13.1. The number of benzene rings is 3. The molecule has 0 fully saturated rings. The average molecular weight is 556 g/mol. The van der Waals surface area contributed by atoms with Gasteiger partial charge in [0.15, 0.2) is 0 Å². The summed E-state index contributed by atoms with van der Waals surface area (Å²) in [7, 11) is -4.07. The molecule has 12 heteroatoms. The molecule has 0 unspecified atom stereocenters. The molecule has 7 nitrogen and oxygen atoms in total. The van der Waals surface area contributed by atoms with E-state index in [4.69, 9.17) is 11.6 Å². The number of nitrogens with one attached hydrogen (secondary N) is 2. The van der Waals surface area contributed by atoms with Crippen LogP contribution < -0.4 is 10.0 Å². The summed E-state index contributed by atoms with van der Waals surface area (Å²) in [6.45, 7) is 0.0317. The Morgan fingerprint density at radius 1 is 1.12 bits per heavy atom. The number of nitrogens with zero attached hydrogens (tertiary/aromatic N) is 2. The molecule has 1 amide bonds. The number of hydrogen-bond acceptors (Lipinski definition) is 6. The van der Waals surface area contributed by atoms with Crippen LogP contribution in [0.5, 0.6) is 0 Å². The minimum atomic E-state index is -4.07. The first-order chi connectivity index (χ1) is 15.2. The van der Waals surface area contributed by atoms with E-state index in [0.29, 0.717) is 15.6 Å². The first-order valence-corrected chi connectivity index (χ1v) is 12.4. The van der Waals surface area contributed by atoms with E-state index in [1.165, 1.54) is 30.3 Å². The molecule has 0 radical (unpaired) electrons. The van der Waals surface area contributed by atoms with Crippen LogP contribution in [-0.2, 0) is 16.6 Å². The van der Waals surface area contributed by atoms with Crippen molar-refractivity contribution >= 4 is 71.9 Å². The largest absolute Gasteiger partial charge is 0.348 e. The zero-order valence-electron chi connectivity index (χ0n) is 16.0. The highest BCUT2D eigenvalue weighted by Gasteiger charge is 2.23. The maximum atomic E-state index is 13.2. The zero-order valence-corrected chi connectivity index (χ0v) is 19.9. The normalized spacial score (nSPS) is 11.5. The molecule has 0 spiro atoms. The van der Waals surface area contributed by atoms with E-state index in [9.17, 15) is 17.6 Å². The van der Waals surface area contributed by atoms with Crippen molar-refractivity contribution < 1.29 is 17.6 Å². The van der Waals surface area contributed by atoms with Crippen molar-refractivity contribution in [1.29, 1.82) is 0 Å². The van der Waals surface area contributed by atoms with Gasteiger partial charge in [-0.05, 0) is 48.0 Å². The molecule has 4 rings (SSSR count). The van der Waals surface area contributed by atoms with E-state index in [0.717, 1.165) is 17.8 Å². The van der Waals surface area contributed by atoms with Crippen molar-refractivity contribution in [2.45, 2.75) is 11.4 Å². The third kappa shape index (κ3) is 4.75. The summed E-state index contributed by atoms with van der Waals surface area (Å²) in [6.07, 6.45) is 0. The molecule has 0 aliphatic heterocycles. The second-order valence-corrected chi connectivity index (χ2v) is 10.1. The van der Waals surface area contributed by atoms with Crippen molar-refractivity contribution in [3.05, 3.63) is 81.0 Å². The molecule has 0 aliphatic rings. The van der Waals surface area contributed by atoms with Crippen molar-refractivity contribution in [3.8, 4) is 0 Å². The lowest BCUT2D eigenvalue weighted by molar-refractivity contribution is 0.0952. The maximum absolute atomic E-state index is 13.2. The van der Waals surface area contributed by atoms with Crippen LogP contribution in [-0.4, -0.2) is 23.1 Å². The van der Waals surface area contributed by atoms with Crippen LogP contribution in [0.3, 0.4) is 0 Å². The molecule has 0 bridgehead atoms. The van der Waals surface area contributed by atoms with Crippen molar-refractivity contribution in [1.82, 2.24) is 14.1 Å². The van der Waals surface area contributed by atoms with E-state index >= 15 is 0 Å². The molecule has 0 aliphatic carbocycles. The zero-order chi connectivity index (χ0) is 22.9. The highest BCUT2D eigenvalue weighted by Crippen LogP contribution is 2.27. The van der Waals surface area contributed by atoms with E-state index in [-0.39, 0.29) is 33.2 Å². The number of hydrogen-bond donors (Lipinski definition) is 2. The highest BCUT2D eigenvalue weighted by atomic mass is 79.9. The summed E-state index contributed by atoms with van der Waals surface area (Å²) in [5.41, 5.74) is 1.39. The fourth-order valence-corrected chi connectivity index (χ4v) is 5.37. The van der Waals surface area contributed by atoms with Gasteiger partial charge in [0.25, 0.3) is 15.9 Å². The summed E-state index contributed by atoms with van der Waals surface area (Å²) in [4.78, 5) is 12.8. The number of aromatic nitrogens is 2. The minimum absolute atomic E-state index is 0.0317. The predicted molar refractivity (Wildman–Crippen MR) is 125 cm³/mol. The van der Waals surface area contributed by atoms with Gasteiger partial charge in [-0.3, -0.25) is 9.52 Å². The average Bonchev–Trinajstić information content (AvgIpc) is 3.21. The minimum Gasteiger partial charge on any atom is -0.348 e. The van der Waals surface area contributed by atoms with Crippen LogP contribution in [0.25, 0.3) is 11.0 Å². The van der Waals surface area contributed by atoms with Gasteiger partial charge in [-0.15, -0.1) is 0 Å². The Kier molecular flexibility index (Phi) is 6.42. The van der Waals surface area contributed by atoms with Crippen LogP contribution in [0, 0.1) is 5.82 Å². The Balaban J connectivity index is 1.62. The number of anilines is 1. The van der Waals surface area contributed by atoms with Gasteiger partial charge in [0.2, 0.25) is 0 Å². The molecule has 0 atom stereocenters. The molecule has 1 aromatic heterocycles. The first kappa shape index (κ1) is 22.6. The quantitative estimate of drug-likeness (QED) is 0.350. The molecule has 3 aromatic carbocycles. The second-order valence-electron chi connectivity index (χ2n) is 6.60. The molecular weight excluding hydrogens is 543 g/mol. The molecule has 0 saturated carbocycles. The molecule has 4 aromatic rings. The van der Waals surface area contributed by atoms with Gasteiger partial charge >= 0.3 is 0 Å². The summed E-state index contributed by atoms with van der Waals surface area (Å²) >= 11 is 10.2. The van der Waals surface area contributed by atoms with Gasteiger partial charge in [0.1, 0.15) is 21.7 Å². The van der Waals surface area contributed by atoms with Crippen LogP contribution in [0.4, 0.5) is 10.1 Å². The standard InChI is InChI=1S/C20H13BrClFN4O3S2/c21-12-5-7-14(20(28)24-10-11-4-6-13(23)9-15(11)22)17(8-12)27-32(29,30)18-3-1-2-16-19(18)26-31-25-16/h1-9,27H,10H2,(H,24,28). The van der Waals surface area contributed by atoms with Gasteiger partial charge in [-0.2, -0.15) is 8.75 Å². The Morgan fingerprint density at radius 2 is 1.94 bits per heavy atom. The van der Waals surface area contributed by atoms with Gasteiger partial charge in [-0.25, -0.2) is 12.8 Å². The molecule has 0 saturated heterocycles. The lowest BCUT2D eigenvalue weighted by Gasteiger charge is -2.14. The monoisotopic (exact) mass is 554 g/mol. The van der Waals surface area contributed by atoms with Crippen LogP contribution in [0.2, 0.25) is 5.02 Å². The number of carbonyl (C=O) groups excluding carboxylic acids is 1. The molecular formula is C20H13BrClFN4O3S2. The topological polar surface area (TPSA) is 101 Å². The number of rotatable bonds is 6. The molecule has 164 valence electrons. The van der Waals surface area contributed by atoms with E-state index < -0.39 is 21.7 Å². The summed E-state index contributed by atoms with van der Waals surface area (Å²) in [5, 5.41) is 2.84. The van der Waals surface area contributed by atoms with Crippen molar-refractivity contribution in [2.75, 3.05) is 4.72 Å². The first-order valence-electron chi connectivity index (χ1n) is 9.00. The third-order valence-corrected chi connectivity index (χ3v) is 7.25. The Hall–Kier alpha value is -2.60. The number of sulfonamides is 1. The highest BCUT2D eigenvalue weighted by molar-refractivity contribution is 9.10. The van der Waals surface area contributed by atoms with Crippen LogP contribution >= 0.6 is 39.3 Å². The second kappa shape index (κ2) is 9.10. The molecule has 1 heterocycles. The van der Waals surface area contributed by atoms with Gasteiger partial charge < -0.3 is 5.32 Å². The number of halogens is 3. The van der Waals surface area contributed by atoms with Crippen LogP contribution in [0.1, 0.15) is 15.9 Å². The van der Waals surface area contributed by atoms with E-state index in [2.05, 4.69) is 34.7 Å². The summed E-state index contributed by atoms with van der Waals surface area (Å²) in [5.74, 6) is -1.02. The number of fused-ring (bicyclic) bond motifs is 1. The molecule has 2 N–H and O–H groups in total. The van der Waals surface area contributed by atoms with Crippen molar-refractivity contribution in [3.63, 3.8) is 0 Å². The third-order valence-electron chi connectivity index (χ3n) is 4.46.